The van der Waals surface area contributed by atoms with Crippen molar-refractivity contribution in [3.63, 3.8) is 0 Å². The first kappa shape index (κ1) is 37.8. The first-order valence-corrected chi connectivity index (χ1v) is 19.9. The van der Waals surface area contributed by atoms with Crippen molar-refractivity contribution >= 4 is 37.6 Å². The molecular formula is C43H40N2O7S2. The molecule has 0 unspecified atom stereocenters. The quantitative estimate of drug-likeness (QED) is 0.119. The Labute approximate surface area is 316 Å². The highest BCUT2D eigenvalue weighted by Gasteiger charge is 2.26. The number of carbonyl (C=O) groups excluding carboxylic acids is 1. The molecule has 2 N–H and O–H groups in total. The van der Waals surface area contributed by atoms with Gasteiger partial charge in [-0.25, -0.2) is 4.79 Å². The average molecular weight is 761 g/mol. The Morgan fingerprint density at radius 3 is 1.04 bits per heavy atom. The first-order valence-electron chi connectivity index (χ1n) is 17.1. The van der Waals surface area contributed by atoms with E-state index in [1.54, 1.807) is 24.3 Å². The molecule has 0 spiro atoms. The van der Waals surface area contributed by atoms with E-state index in [0.29, 0.717) is 11.4 Å². The van der Waals surface area contributed by atoms with Gasteiger partial charge in [-0.15, -0.1) is 0 Å². The molecular weight excluding hydrogens is 721 g/mol. The number of nitrogens with one attached hydrogen (secondary N) is 2. The predicted molar refractivity (Wildman–Crippen MR) is 211 cm³/mol. The van der Waals surface area contributed by atoms with Crippen LogP contribution < -0.4 is 19.0 Å². The zero-order valence-corrected chi connectivity index (χ0v) is 31.8. The summed E-state index contributed by atoms with van der Waals surface area (Å²) in [7, 11) is -8.22. The van der Waals surface area contributed by atoms with Gasteiger partial charge in [0.25, 0.3) is 0 Å². The van der Waals surface area contributed by atoms with Crippen molar-refractivity contribution in [3.8, 4) is 11.5 Å². The molecule has 0 aromatic heterocycles. The topological polar surface area (TPSA) is 128 Å². The Hall–Kier alpha value is -5.91. The van der Waals surface area contributed by atoms with Crippen molar-refractivity contribution in [2.24, 2.45) is 0 Å². The van der Waals surface area contributed by atoms with Crippen LogP contribution in [-0.2, 0) is 31.1 Å². The standard InChI is InChI=1S/C43H40N2O7S2/c1-42(2,31-11-7-5-8-12-31)33-15-27-39(28-16-33)53(47,48)51-37-23-19-35(20-24-37)44-41(46)45-36-21-25-38(26-22-36)52-54(49,50)40-29-17-34(18-30-40)43(3,4)32-13-9-6-10-14-32/h5-30H,1-4H3,(H2,44,45,46). The minimum Gasteiger partial charge on any atom is -0.379 e. The summed E-state index contributed by atoms with van der Waals surface area (Å²) in [4.78, 5) is 12.7. The van der Waals surface area contributed by atoms with Gasteiger partial charge in [-0.05, 0) is 95.1 Å². The minimum atomic E-state index is -4.11. The highest BCUT2D eigenvalue weighted by Crippen LogP contribution is 2.34. The van der Waals surface area contributed by atoms with Crippen LogP contribution in [-0.4, -0.2) is 22.9 Å². The summed E-state index contributed by atoms with van der Waals surface area (Å²) in [6.07, 6.45) is 0. The van der Waals surface area contributed by atoms with Crippen molar-refractivity contribution in [1.29, 1.82) is 0 Å². The third kappa shape index (κ3) is 8.65. The lowest BCUT2D eigenvalue weighted by molar-refractivity contribution is 0.262. The number of urea groups is 1. The zero-order valence-electron chi connectivity index (χ0n) is 30.2. The summed E-state index contributed by atoms with van der Waals surface area (Å²) in [5.41, 5.74) is 4.25. The van der Waals surface area contributed by atoms with Gasteiger partial charge in [0, 0.05) is 22.2 Å². The van der Waals surface area contributed by atoms with Crippen LogP contribution in [0.25, 0.3) is 0 Å². The van der Waals surface area contributed by atoms with Crippen LogP contribution in [0.3, 0.4) is 0 Å². The lowest BCUT2D eigenvalue weighted by Crippen LogP contribution is -2.19. The predicted octanol–water partition coefficient (Wildman–Crippen LogP) is 9.52. The second-order valence-electron chi connectivity index (χ2n) is 13.7. The molecule has 0 radical (unpaired) electrons. The van der Waals surface area contributed by atoms with E-state index in [-0.39, 0.29) is 32.1 Å². The van der Waals surface area contributed by atoms with E-state index >= 15 is 0 Å². The number of amides is 2. The van der Waals surface area contributed by atoms with E-state index < -0.39 is 26.3 Å². The maximum atomic E-state index is 13.0. The fourth-order valence-corrected chi connectivity index (χ4v) is 7.81. The van der Waals surface area contributed by atoms with Crippen LogP contribution in [0.5, 0.6) is 11.5 Å². The van der Waals surface area contributed by atoms with Crippen molar-refractivity contribution in [2.75, 3.05) is 10.6 Å². The maximum absolute atomic E-state index is 13.0. The summed E-state index contributed by atoms with van der Waals surface area (Å²) < 4.78 is 62.8. The normalized spacial score (nSPS) is 12.1. The molecule has 6 rings (SSSR count). The van der Waals surface area contributed by atoms with Crippen LogP contribution >= 0.6 is 0 Å². The van der Waals surface area contributed by atoms with E-state index in [0.717, 1.165) is 22.3 Å². The highest BCUT2D eigenvalue weighted by molar-refractivity contribution is 7.87. The number of hydrogen-bond acceptors (Lipinski definition) is 7. The third-order valence-electron chi connectivity index (χ3n) is 9.36. The van der Waals surface area contributed by atoms with Gasteiger partial charge in [-0.1, -0.05) is 113 Å². The molecule has 0 aliphatic heterocycles. The average Bonchev–Trinajstić information content (AvgIpc) is 3.17. The number of rotatable bonds is 12. The molecule has 11 heteroatoms. The van der Waals surface area contributed by atoms with Gasteiger partial charge in [0.15, 0.2) is 0 Å². The van der Waals surface area contributed by atoms with E-state index in [1.807, 2.05) is 60.7 Å². The molecule has 9 nitrogen and oxygen atoms in total. The van der Waals surface area contributed by atoms with Crippen molar-refractivity contribution < 1.29 is 30.0 Å². The summed E-state index contributed by atoms with van der Waals surface area (Å²) in [6, 6.07) is 44.4. The van der Waals surface area contributed by atoms with Gasteiger partial charge in [0.1, 0.15) is 21.3 Å². The Balaban J connectivity index is 1.01. The van der Waals surface area contributed by atoms with Crippen molar-refractivity contribution in [3.05, 3.63) is 180 Å². The molecule has 6 aromatic carbocycles. The number of hydrogen-bond donors (Lipinski definition) is 2. The summed E-state index contributed by atoms with van der Waals surface area (Å²) >= 11 is 0. The summed E-state index contributed by atoms with van der Waals surface area (Å²) in [6.45, 7) is 8.31. The van der Waals surface area contributed by atoms with Crippen LogP contribution in [0.2, 0.25) is 0 Å². The number of anilines is 2. The smallest absolute Gasteiger partial charge is 0.339 e. The maximum Gasteiger partial charge on any atom is 0.339 e. The molecule has 0 atom stereocenters. The van der Waals surface area contributed by atoms with Crippen LogP contribution in [0.4, 0.5) is 16.2 Å². The fourth-order valence-electron chi connectivity index (χ4n) is 5.95. The Bertz CT molecular complexity index is 2260. The second-order valence-corrected chi connectivity index (χ2v) is 16.8. The molecule has 54 heavy (non-hydrogen) atoms. The largest absolute Gasteiger partial charge is 0.379 e. The molecule has 0 bridgehead atoms. The molecule has 6 aromatic rings. The molecule has 0 saturated heterocycles. The molecule has 0 aliphatic rings. The van der Waals surface area contributed by atoms with Crippen LogP contribution in [0.15, 0.2) is 168 Å². The van der Waals surface area contributed by atoms with Gasteiger partial charge in [0.2, 0.25) is 0 Å². The van der Waals surface area contributed by atoms with Crippen molar-refractivity contribution in [1.82, 2.24) is 0 Å². The molecule has 0 saturated carbocycles. The summed E-state index contributed by atoms with van der Waals surface area (Å²) in [5, 5.41) is 5.33. The summed E-state index contributed by atoms with van der Waals surface area (Å²) in [5.74, 6) is 0.152. The van der Waals surface area contributed by atoms with E-state index in [2.05, 4.69) is 38.3 Å². The molecule has 2 amide bonds. The minimum absolute atomic E-state index is 0.0167. The SMILES string of the molecule is CC(C)(c1ccccc1)c1ccc(S(=O)(=O)Oc2ccc(NC(=O)Nc3ccc(OS(=O)(=O)c4ccc(C(C)(C)c5ccccc5)cc4)cc3)cc2)cc1. The highest BCUT2D eigenvalue weighted by atomic mass is 32.2. The van der Waals surface area contributed by atoms with Crippen LogP contribution in [0.1, 0.15) is 49.9 Å². The van der Waals surface area contributed by atoms with Gasteiger partial charge in [-0.3, -0.25) is 0 Å². The van der Waals surface area contributed by atoms with E-state index in [9.17, 15) is 21.6 Å². The monoisotopic (exact) mass is 760 g/mol. The Morgan fingerprint density at radius 2 is 0.722 bits per heavy atom. The van der Waals surface area contributed by atoms with Gasteiger partial charge in [-0.2, -0.15) is 16.8 Å². The van der Waals surface area contributed by atoms with Crippen LogP contribution in [0, 0.1) is 0 Å². The first-order chi connectivity index (χ1) is 25.6. The fraction of sp³-hybridized carbons (Fsp3) is 0.140. The molecule has 0 heterocycles. The van der Waals surface area contributed by atoms with E-state index in [1.165, 1.54) is 72.8 Å². The zero-order chi connectivity index (χ0) is 38.6. The lowest BCUT2D eigenvalue weighted by atomic mass is 9.78. The molecule has 0 fully saturated rings. The third-order valence-corrected chi connectivity index (χ3v) is 11.9. The van der Waals surface area contributed by atoms with Gasteiger partial charge in [0.05, 0.1) is 0 Å². The number of carbonyl (C=O) groups is 1. The molecule has 0 aliphatic carbocycles. The Kier molecular flexibility index (Phi) is 10.7. The van der Waals surface area contributed by atoms with Gasteiger partial charge >= 0.3 is 26.3 Å². The number of benzene rings is 6. The van der Waals surface area contributed by atoms with E-state index in [4.69, 9.17) is 8.37 Å². The Morgan fingerprint density at radius 1 is 0.426 bits per heavy atom. The molecule has 276 valence electrons. The van der Waals surface area contributed by atoms with Gasteiger partial charge < -0.3 is 19.0 Å². The lowest BCUT2D eigenvalue weighted by Gasteiger charge is -2.26. The second kappa shape index (κ2) is 15.2. The van der Waals surface area contributed by atoms with Crippen molar-refractivity contribution in [2.45, 2.75) is 48.3 Å².